The number of nitrogens with zero attached hydrogens (tertiary/aromatic N) is 3. The quantitative estimate of drug-likeness (QED) is 0.790. The normalized spacial score (nSPS) is 24.3. The molecule has 27 heavy (non-hydrogen) atoms. The fraction of sp³-hybridized carbons (Fsp3) is 0.591. The van der Waals surface area contributed by atoms with Gasteiger partial charge in [0.05, 0.1) is 17.0 Å². The highest BCUT2D eigenvalue weighted by atomic mass is 16.5. The molecule has 2 aromatic rings. The van der Waals surface area contributed by atoms with Crippen LogP contribution in [0.25, 0.3) is 0 Å². The first kappa shape index (κ1) is 18.5. The van der Waals surface area contributed by atoms with Crippen molar-refractivity contribution in [2.45, 2.75) is 69.4 Å². The van der Waals surface area contributed by atoms with Gasteiger partial charge in [-0.25, -0.2) is 0 Å². The highest BCUT2D eigenvalue weighted by molar-refractivity contribution is 5.20. The van der Waals surface area contributed by atoms with Crippen LogP contribution in [0.15, 0.2) is 36.8 Å². The molecule has 4 rings (SSSR count). The van der Waals surface area contributed by atoms with Gasteiger partial charge >= 0.3 is 0 Å². The Bertz CT molecular complexity index is 745. The van der Waals surface area contributed by atoms with Crippen LogP contribution >= 0.6 is 0 Å². The molecule has 2 fully saturated rings. The summed E-state index contributed by atoms with van der Waals surface area (Å²) < 4.78 is 6.33. The van der Waals surface area contributed by atoms with E-state index in [4.69, 9.17) is 9.72 Å². The van der Waals surface area contributed by atoms with Crippen LogP contribution in [0.1, 0.15) is 62.0 Å². The molecule has 1 saturated heterocycles. The molecule has 1 aliphatic carbocycles. The summed E-state index contributed by atoms with van der Waals surface area (Å²) in [6.07, 6.45) is 13.8. The number of pyridine rings is 1. The third kappa shape index (κ3) is 4.19. The van der Waals surface area contributed by atoms with Crippen LogP contribution in [-0.2, 0) is 16.7 Å². The van der Waals surface area contributed by atoms with Gasteiger partial charge in [0, 0.05) is 42.9 Å². The van der Waals surface area contributed by atoms with Gasteiger partial charge < -0.3 is 10.1 Å². The minimum atomic E-state index is 0.0811. The number of hydrogen-bond acceptors (Lipinski definition) is 5. The fourth-order valence-corrected chi connectivity index (χ4v) is 4.94. The van der Waals surface area contributed by atoms with Gasteiger partial charge in [-0.3, -0.25) is 15.0 Å². The maximum atomic E-state index is 6.33. The molecule has 5 nitrogen and oxygen atoms in total. The van der Waals surface area contributed by atoms with Crippen molar-refractivity contribution in [1.82, 2.24) is 20.3 Å². The smallest absolute Gasteiger partial charge is 0.0727 e. The average molecular weight is 367 g/mol. The molecule has 1 spiro atoms. The molecule has 1 saturated carbocycles. The highest BCUT2D eigenvalue weighted by Gasteiger charge is 2.48. The first-order chi connectivity index (χ1) is 13.2. The first-order valence-electron chi connectivity index (χ1n) is 10.2. The van der Waals surface area contributed by atoms with E-state index in [0.29, 0.717) is 0 Å². The summed E-state index contributed by atoms with van der Waals surface area (Å²) in [4.78, 5) is 13.5. The number of ether oxygens (including phenoxy) is 1. The summed E-state index contributed by atoms with van der Waals surface area (Å²) in [6.45, 7) is 4.53. The Morgan fingerprint density at radius 1 is 1.15 bits per heavy atom. The fourth-order valence-electron chi connectivity index (χ4n) is 4.94. The second kappa shape index (κ2) is 8.03. The average Bonchev–Trinajstić information content (AvgIpc) is 3.13. The lowest BCUT2D eigenvalue weighted by atomic mass is 9.68. The van der Waals surface area contributed by atoms with Crippen LogP contribution in [0.4, 0.5) is 0 Å². The van der Waals surface area contributed by atoms with E-state index in [1.807, 2.05) is 25.4 Å². The second-order valence-corrected chi connectivity index (χ2v) is 8.24. The van der Waals surface area contributed by atoms with Crippen LogP contribution in [0.3, 0.4) is 0 Å². The van der Waals surface area contributed by atoms with Crippen molar-refractivity contribution in [2.24, 2.45) is 0 Å². The van der Waals surface area contributed by atoms with E-state index in [9.17, 15) is 0 Å². The molecular formula is C22H30N4O. The zero-order valence-corrected chi connectivity index (χ0v) is 16.3. The maximum absolute atomic E-state index is 6.33. The largest absolute Gasteiger partial charge is 0.375 e. The predicted octanol–water partition coefficient (Wildman–Crippen LogP) is 3.72. The number of aryl methyl sites for hydroxylation is 1. The predicted molar refractivity (Wildman–Crippen MR) is 105 cm³/mol. The molecular weight excluding hydrogens is 336 g/mol. The zero-order chi connectivity index (χ0) is 18.6. The Labute approximate surface area is 162 Å². The lowest BCUT2D eigenvalue weighted by Gasteiger charge is -2.46. The topological polar surface area (TPSA) is 59.9 Å². The maximum Gasteiger partial charge on any atom is 0.0727 e. The van der Waals surface area contributed by atoms with E-state index >= 15 is 0 Å². The lowest BCUT2D eigenvalue weighted by Crippen LogP contribution is -2.47. The summed E-state index contributed by atoms with van der Waals surface area (Å²) in [5, 5.41) is 3.58. The highest BCUT2D eigenvalue weighted by Crippen LogP contribution is 2.49. The summed E-state index contributed by atoms with van der Waals surface area (Å²) in [5.41, 5.74) is 3.39. The molecule has 144 valence electrons. The van der Waals surface area contributed by atoms with Gasteiger partial charge in [-0.1, -0.05) is 18.9 Å². The molecule has 1 N–H and O–H groups in total. The molecule has 1 atom stereocenters. The van der Waals surface area contributed by atoms with Gasteiger partial charge in [-0.15, -0.1) is 0 Å². The molecule has 1 aliphatic heterocycles. The molecule has 0 radical (unpaired) electrons. The SMILES string of the molecule is Cc1cncc(CNCCC2(c3ccccn3)CCOC3(CCCC3)C2)n1. The van der Waals surface area contributed by atoms with Crippen LogP contribution in [-0.4, -0.2) is 33.7 Å². The van der Waals surface area contributed by atoms with Gasteiger partial charge in [0.2, 0.25) is 0 Å². The lowest BCUT2D eigenvalue weighted by molar-refractivity contribution is -0.104. The van der Waals surface area contributed by atoms with Gasteiger partial charge in [0.1, 0.15) is 0 Å². The van der Waals surface area contributed by atoms with Crippen LogP contribution in [0.2, 0.25) is 0 Å². The van der Waals surface area contributed by atoms with Gasteiger partial charge in [0.15, 0.2) is 0 Å². The van der Waals surface area contributed by atoms with Crippen LogP contribution in [0, 0.1) is 6.92 Å². The standard InChI is InChI=1S/C22H30N4O/c1-18-14-24-16-19(26-18)15-23-12-9-21(20-6-2-5-11-25-20)10-13-27-22(17-21)7-3-4-8-22/h2,5-6,11,14,16,23H,3-4,7-10,12-13,15,17H2,1H3. The van der Waals surface area contributed by atoms with Gasteiger partial charge in [0.25, 0.3) is 0 Å². The Balaban J connectivity index is 1.45. The molecule has 2 aliphatic rings. The van der Waals surface area contributed by atoms with Crippen molar-refractivity contribution < 1.29 is 4.74 Å². The van der Waals surface area contributed by atoms with E-state index < -0.39 is 0 Å². The van der Waals surface area contributed by atoms with Crippen molar-refractivity contribution in [2.75, 3.05) is 13.2 Å². The Morgan fingerprint density at radius 2 is 2.04 bits per heavy atom. The van der Waals surface area contributed by atoms with Crippen molar-refractivity contribution in [3.8, 4) is 0 Å². The first-order valence-corrected chi connectivity index (χ1v) is 10.2. The molecule has 0 amide bonds. The molecule has 1 unspecified atom stereocenters. The van der Waals surface area contributed by atoms with E-state index in [0.717, 1.165) is 50.3 Å². The summed E-state index contributed by atoms with van der Waals surface area (Å²) in [5.74, 6) is 0. The summed E-state index contributed by atoms with van der Waals surface area (Å²) >= 11 is 0. The molecule has 0 bridgehead atoms. The van der Waals surface area contributed by atoms with E-state index in [1.165, 1.54) is 31.4 Å². The van der Waals surface area contributed by atoms with E-state index in [-0.39, 0.29) is 11.0 Å². The van der Waals surface area contributed by atoms with Gasteiger partial charge in [-0.2, -0.15) is 0 Å². The molecule has 3 heterocycles. The van der Waals surface area contributed by atoms with Gasteiger partial charge in [-0.05, 0) is 57.7 Å². The minimum Gasteiger partial charge on any atom is -0.375 e. The minimum absolute atomic E-state index is 0.0811. The van der Waals surface area contributed by atoms with E-state index in [1.54, 1.807) is 6.20 Å². The third-order valence-electron chi connectivity index (χ3n) is 6.26. The summed E-state index contributed by atoms with van der Waals surface area (Å²) in [6, 6.07) is 6.34. The van der Waals surface area contributed by atoms with Crippen molar-refractivity contribution in [3.05, 3.63) is 53.9 Å². The third-order valence-corrected chi connectivity index (χ3v) is 6.26. The number of rotatable bonds is 6. The van der Waals surface area contributed by atoms with Crippen LogP contribution in [0.5, 0.6) is 0 Å². The van der Waals surface area contributed by atoms with Crippen molar-refractivity contribution >= 4 is 0 Å². The zero-order valence-electron chi connectivity index (χ0n) is 16.3. The molecule has 2 aromatic heterocycles. The Kier molecular flexibility index (Phi) is 5.50. The van der Waals surface area contributed by atoms with Crippen molar-refractivity contribution in [3.63, 3.8) is 0 Å². The monoisotopic (exact) mass is 366 g/mol. The summed E-state index contributed by atoms with van der Waals surface area (Å²) in [7, 11) is 0. The molecule has 0 aromatic carbocycles. The Morgan fingerprint density at radius 3 is 2.81 bits per heavy atom. The van der Waals surface area contributed by atoms with E-state index in [2.05, 4.69) is 27.4 Å². The second-order valence-electron chi connectivity index (χ2n) is 8.24. The van der Waals surface area contributed by atoms with Crippen molar-refractivity contribution in [1.29, 1.82) is 0 Å². The Hall–Kier alpha value is -1.85. The number of hydrogen-bond donors (Lipinski definition) is 1. The molecule has 5 heteroatoms. The number of nitrogens with one attached hydrogen (secondary N) is 1. The van der Waals surface area contributed by atoms with Crippen LogP contribution < -0.4 is 5.32 Å². The number of aromatic nitrogens is 3.